The van der Waals surface area contributed by atoms with Crippen LogP contribution in [0.15, 0.2) is 42.6 Å². The van der Waals surface area contributed by atoms with E-state index >= 15 is 0 Å². The third-order valence-corrected chi connectivity index (χ3v) is 9.94. The fourth-order valence-corrected chi connectivity index (χ4v) is 7.46. The van der Waals surface area contributed by atoms with E-state index in [9.17, 15) is 51.6 Å². The van der Waals surface area contributed by atoms with Gasteiger partial charge in [-0.1, -0.05) is 23.4 Å². The van der Waals surface area contributed by atoms with E-state index in [1.165, 1.54) is 30.2 Å². The van der Waals surface area contributed by atoms with E-state index in [1.54, 1.807) is 0 Å². The lowest BCUT2D eigenvalue weighted by atomic mass is 9.83. The lowest BCUT2D eigenvalue weighted by Gasteiger charge is -2.47. The predicted octanol–water partition coefficient (Wildman–Crippen LogP) is 3.43. The minimum Gasteiger partial charge on any atom is -0.453 e. The van der Waals surface area contributed by atoms with E-state index in [-0.39, 0.29) is 42.8 Å². The van der Waals surface area contributed by atoms with Crippen molar-refractivity contribution in [1.29, 1.82) is 0 Å². The first-order valence-corrected chi connectivity index (χ1v) is 15.2. The third kappa shape index (κ3) is 6.93. The number of aliphatic hydroxyl groups is 4. The molecule has 0 saturated carbocycles. The van der Waals surface area contributed by atoms with E-state index in [4.69, 9.17) is 9.47 Å². The van der Waals surface area contributed by atoms with Gasteiger partial charge in [-0.15, -0.1) is 16.9 Å². The molecule has 18 heteroatoms. The molecule has 11 nitrogen and oxygen atoms in total. The van der Waals surface area contributed by atoms with Crippen LogP contribution < -0.4 is 0 Å². The van der Waals surface area contributed by atoms with Crippen LogP contribution in [-0.4, -0.2) is 103 Å². The van der Waals surface area contributed by atoms with Crippen molar-refractivity contribution in [2.24, 2.45) is 0 Å². The molecule has 2 aliphatic rings. The summed E-state index contributed by atoms with van der Waals surface area (Å²) < 4.78 is 95.4. The Balaban J connectivity index is 1.51. The first kappa shape index (κ1) is 34.9. The monoisotopic (exact) mass is 692 g/mol. The van der Waals surface area contributed by atoms with E-state index < -0.39 is 82.5 Å². The molecule has 47 heavy (non-hydrogen) atoms. The lowest BCUT2D eigenvalue weighted by molar-refractivity contribution is -0.179. The molecule has 3 aromatic rings. The van der Waals surface area contributed by atoms with Crippen molar-refractivity contribution in [3.05, 3.63) is 71.2 Å². The standard InChI is InChI=1S/C29H30F6N4O7S/c1-45-27(43)38-8-6-28(44,7-9-38)25(15-4-2-3-5-16(15)29(33,34)35)47-26-24(42)22(23(41)20(13-40)46-26)39-12-19(36-37-39)14-10-17(30)21(32)18(31)11-14/h2-5,10-12,20,22-26,40-42,44H,6-9,13H2,1H3/t20-,22+,23+,24-,25?,26+/m1/s1. The van der Waals surface area contributed by atoms with Crippen LogP contribution in [0, 0.1) is 17.5 Å². The molecule has 2 aliphatic heterocycles. The van der Waals surface area contributed by atoms with Crippen LogP contribution in [-0.2, 0) is 15.7 Å². The largest absolute Gasteiger partial charge is 0.453 e. The molecule has 2 fully saturated rings. The van der Waals surface area contributed by atoms with Gasteiger partial charge in [0.05, 0.1) is 36.3 Å². The van der Waals surface area contributed by atoms with Gasteiger partial charge in [0.2, 0.25) is 0 Å². The number of alkyl halides is 3. The molecule has 4 N–H and O–H groups in total. The molecule has 0 aliphatic carbocycles. The number of ether oxygens (including phenoxy) is 2. The Morgan fingerprint density at radius 1 is 1.13 bits per heavy atom. The van der Waals surface area contributed by atoms with Crippen molar-refractivity contribution in [2.45, 2.75) is 59.7 Å². The zero-order valence-electron chi connectivity index (χ0n) is 24.5. The van der Waals surface area contributed by atoms with Gasteiger partial charge in [0.25, 0.3) is 0 Å². The minimum atomic E-state index is -4.84. The summed E-state index contributed by atoms with van der Waals surface area (Å²) >= 11 is 0.625. The fourth-order valence-electron chi connectivity index (χ4n) is 5.83. The smallest absolute Gasteiger partial charge is 0.416 e. The normalized spacial score (nSPS) is 25.4. The molecule has 6 atom stereocenters. The molecule has 1 aromatic heterocycles. The maximum atomic E-state index is 14.2. The molecule has 1 unspecified atom stereocenters. The van der Waals surface area contributed by atoms with Gasteiger partial charge in [0, 0.05) is 18.7 Å². The number of halogens is 6. The number of aliphatic hydroxyl groups excluding tert-OH is 3. The zero-order valence-corrected chi connectivity index (χ0v) is 25.3. The number of hydrogen-bond acceptors (Lipinski definition) is 10. The van der Waals surface area contributed by atoms with E-state index in [0.29, 0.717) is 23.9 Å². The molecule has 1 amide bonds. The number of methoxy groups -OCH3 is 1. The fraction of sp³-hybridized carbons (Fsp3) is 0.483. The van der Waals surface area contributed by atoms with Gasteiger partial charge >= 0.3 is 12.3 Å². The lowest BCUT2D eigenvalue weighted by Crippen LogP contribution is -2.56. The molecule has 256 valence electrons. The average molecular weight is 693 g/mol. The molecule has 5 rings (SSSR count). The Labute approximate surface area is 267 Å². The molecule has 0 bridgehead atoms. The molecule has 2 aromatic carbocycles. The highest BCUT2D eigenvalue weighted by Gasteiger charge is 2.51. The summed E-state index contributed by atoms with van der Waals surface area (Å²) in [6.45, 7) is -0.926. The van der Waals surface area contributed by atoms with Crippen molar-refractivity contribution >= 4 is 17.9 Å². The van der Waals surface area contributed by atoms with Gasteiger partial charge < -0.3 is 34.8 Å². The Morgan fingerprint density at radius 3 is 2.36 bits per heavy atom. The zero-order chi connectivity index (χ0) is 34.3. The van der Waals surface area contributed by atoms with Crippen LogP contribution in [0.1, 0.15) is 35.3 Å². The molecular weight excluding hydrogens is 662 g/mol. The summed E-state index contributed by atoms with van der Waals surface area (Å²) in [5, 5.41) is 50.6. The maximum Gasteiger partial charge on any atom is 0.416 e. The molecular formula is C29H30F6N4O7S. The van der Waals surface area contributed by atoms with Gasteiger partial charge in [-0.3, -0.25) is 0 Å². The Bertz CT molecular complexity index is 1570. The summed E-state index contributed by atoms with van der Waals surface area (Å²) in [5.74, 6) is -4.71. The SMILES string of the molecule is COC(=O)N1CCC(O)(C(S[C@@H]2O[C@H](CO)[C@H](O)[C@H](n3cc(-c4cc(F)c(F)c(F)c4)nn3)[C@H]2O)c2ccccc2C(F)(F)F)CC1. The van der Waals surface area contributed by atoms with Gasteiger partial charge in [0.1, 0.15) is 35.5 Å². The quantitative estimate of drug-likeness (QED) is 0.214. The number of thioether (sulfide) groups is 1. The summed E-state index contributed by atoms with van der Waals surface area (Å²) in [4.78, 5) is 13.4. The summed E-state index contributed by atoms with van der Waals surface area (Å²) in [7, 11) is 1.17. The number of carbonyl (C=O) groups is 1. The van der Waals surface area contributed by atoms with E-state index in [0.717, 1.165) is 16.9 Å². The first-order valence-electron chi connectivity index (χ1n) is 14.2. The Kier molecular flexibility index (Phi) is 10.1. The maximum absolute atomic E-state index is 14.2. The number of amides is 1. The number of benzene rings is 2. The number of carbonyl (C=O) groups excluding carboxylic acids is 1. The summed E-state index contributed by atoms with van der Waals surface area (Å²) in [5.41, 5.74) is -5.16. The second kappa shape index (κ2) is 13.6. The van der Waals surface area contributed by atoms with Crippen LogP contribution in [0.4, 0.5) is 31.1 Å². The summed E-state index contributed by atoms with van der Waals surface area (Å²) in [6.07, 6.45) is -9.64. The first-order chi connectivity index (χ1) is 22.2. The number of aromatic nitrogens is 3. The predicted molar refractivity (Wildman–Crippen MR) is 152 cm³/mol. The van der Waals surface area contributed by atoms with Crippen LogP contribution >= 0.6 is 11.8 Å². The van der Waals surface area contributed by atoms with Crippen molar-refractivity contribution in [3.8, 4) is 11.3 Å². The topological polar surface area (TPSA) is 150 Å². The minimum absolute atomic E-state index is 0.0601. The highest BCUT2D eigenvalue weighted by molar-refractivity contribution is 8.00. The van der Waals surface area contributed by atoms with Crippen molar-refractivity contribution in [2.75, 3.05) is 26.8 Å². The average Bonchev–Trinajstić information content (AvgIpc) is 3.52. The number of rotatable bonds is 7. The van der Waals surface area contributed by atoms with Crippen LogP contribution in [0.25, 0.3) is 11.3 Å². The van der Waals surface area contributed by atoms with Crippen molar-refractivity contribution < 1.29 is 61.0 Å². The van der Waals surface area contributed by atoms with Gasteiger partial charge in [-0.2, -0.15) is 13.2 Å². The van der Waals surface area contributed by atoms with Crippen molar-refractivity contribution in [1.82, 2.24) is 19.9 Å². The number of likely N-dealkylation sites (tertiary alicyclic amines) is 1. The molecule has 2 saturated heterocycles. The second-order valence-electron chi connectivity index (χ2n) is 11.2. The number of nitrogens with zero attached hydrogens (tertiary/aromatic N) is 4. The second-order valence-corrected chi connectivity index (χ2v) is 12.4. The highest BCUT2D eigenvalue weighted by Crippen LogP contribution is 2.51. The number of piperidine rings is 1. The van der Waals surface area contributed by atoms with Gasteiger partial charge in [-0.05, 0) is 36.6 Å². The highest BCUT2D eigenvalue weighted by atomic mass is 32.2. The number of hydrogen-bond donors (Lipinski definition) is 4. The Hall–Kier alpha value is -3.42. The Morgan fingerprint density at radius 2 is 1.77 bits per heavy atom. The third-order valence-electron chi connectivity index (χ3n) is 8.31. The molecule has 3 heterocycles. The van der Waals surface area contributed by atoms with Crippen molar-refractivity contribution in [3.63, 3.8) is 0 Å². The van der Waals surface area contributed by atoms with Crippen LogP contribution in [0.2, 0.25) is 0 Å². The van der Waals surface area contributed by atoms with E-state index in [2.05, 4.69) is 10.3 Å². The van der Waals surface area contributed by atoms with E-state index in [1.807, 2.05) is 0 Å². The van der Waals surface area contributed by atoms with Crippen LogP contribution in [0.5, 0.6) is 0 Å². The van der Waals surface area contributed by atoms with Gasteiger partial charge in [0.15, 0.2) is 17.5 Å². The molecule has 0 spiro atoms. The van der Waals surface area contributed by atoms with Gasteiger partial charge in [-0.25, -0.2) is 22.6 Å². The summed E-state index contributed by atoms with van der Waals surface area (Å²) in [6, 6.07) is 4.41. The van der Waals surface area contributed by atoms with Crippen LogP contribution in [0.3, 0.4) is 0 Å². The molecule has 0 radical (unpaired) electrons.